The first-order valence-electron chi connectivity index (χ1n) is 8.57. The molecule has 0 spiro atoms. The molecule has 2 aromatic carbocycles. The van der Waals surface area contributed by atoms with E-state index < -0.39 is 5.97 Å². The lowest BCUT2D eigenvalue weighted by Crippen LogP contribution is -2.31. The zero-order valence-electron chi connectivity index (χ0n) is 15.7. The summed E-state index contributed by atoms with van der Waals surface area (Å²) in [4.78, 5) is 23.8. The van der Waals surface area contributed by atoms with Crippen molar-refractivity contribution in [3.05, 3.63) is 64.2 Å². The Hall–Kier alpha value is -2.82. The molecule has 0 saturated carbocycles. The van der Waals surface area contributed by atoms with Crippen LogP contribution < -0.4 is 10.1 Å². The molecule has 0 fully saturated rings. The summed E-state index contributed by atoms with van der Waals surface area (Å²) in [6.45, 7) is 8.07. The van der Waals surface area contributed by atoms with Gasteiger partial charge < -0.3 is 14.8 Å². The summed E-state index contributed by atoms with van der Waals surface area (Å²) in [6.07, 6.45) is 0. The SMILES string of the molecule is Cc1cc(C)cc(OCCOC(=O)CNC(=O)c2cc(C)cc(C)c2)c1. The van der Waals surface area contributed by atoms with Crippen LogP contribution in [0.2, 0.25) is 0 Å². The maximum Gasteiger partial charge on any atom is 0.325 e. The molecule has 0 radical (unpaired) electrons. The van der Waals surface area contributed by atoms with Crippen molar-refractivity contribution in [1.82, 2.24) is 5.32 Å². The zero-order chi connectivity index (χ0) is 19.1. The van der Waals surface area contributed by atoms with Crippen molar-refractivity contribution in [3.8, 4) is 5.75 Å². The third-order valence-corrected chi connectivity index (χ3v) is 3.69. The van der Waals surface area contributed by atoms with Gasteiger partial charge in [-0.2, -0.15) is 0 Å². The second-order valence-electron chi connectivity index (χ2n) is 6.45. The van der Waals surface area contributed by atoms with Gasteiger partial charge in [0.15, 0.2) is 0 Å². The van der Waals surface area contributed by atoms with Crippen LogP contribution in [0.1, 0.15) is 32.6 Å². The van der Waals surface area contributed by atoms with Crippen molar-refractivity contribution < 1.29 is 19.1 Å². The topological polar surface area (TPSA) is 64.6 Å². The Morgan fingerprint density at radius 1 is 0.808 bits per heavy atom. The fourth-order valence-corrected chi connectivity index (χ4v) is 2.74. The lowest BCUT2D eigenvalue weighted by molar-refractivity contribution is -0.143. The molecule has 0 unspecified atom stereocenters. The number of hydrogen-bond acceptors (Lipinski definition) is 4. The van der Waals surface area contributed by atoms with Crippen LogP contribution in [-0.2, 0) is 9.53 Å². The summed E-state index contributed by atoms with van der Waals surface area (Å²) >= 11 is 0. The molecule has 1 N–H and O–H groups in total. The molecule has 0 bridgehead atoms. The van der Waals surface area contributed by atoms with E-state index in [-0.39, 0.29) is 25.7 Å². The van der Waals surface area contributed by atoms with Gasteiger partial charge in [0.2, 0.25) is 0 Å². The molecule has 0 aromatic heterocycles. The maximum absolute atomic E-state index is 12.1. The van der Waals surface area contributed by atoms with Gasteiger partial charge in [0.1, 0.15) is 25.5 Å². The third kappa shape index (κ3) is 6.24. The van der Waals surface area contributed by atoms with Gasteiger partial charge in [-0.1, -0.05) is 23.3 Å². The van der Waals surface area contributed by atoms with Gasteiger partial charge in [0.25, 0.3) is 5.91 Å². The fraction of sp³-hybridized carbons (Fsp3) is 0.333. The van der Waals surface area contributed by atoms with Crippen LogP contribution in [0.5, 0.6) is 5.75 Å². The molecular formula is C21H25NO4. The summed E-state index contributed by atoms with van der Waals surface area (Å²) in [5.74, 6) is -0.0337. The quantitative estimate of drug-likeness (QED) is 0.611. The molecular weight excluding hydrogens is 330 g/mol. The van der Waals surface area contributed by atoms with Gasteiger partial charge in [0.05, 0.1) is 0 Å². The Morgan fingerprint density at radius 3 is 1.92 bits per heavy atom. The highest BCUT2D eigenvalue weighted by molar-refractivity contribution is 5.96. The molecule has 0 aliphatic rings. The average molecular weight is 355 g/mol. The number of nitrogens with one attached hydrogen (secondary N) is 1. The summed E-state index contributed by atoms with van der Waals surface area (Å²) in [5, 5.41) is 2.57. The highest BCUT2D eigenvalue weighted by atomic mass is 16.6. The van der Waals surface area contributed by atoms with E-state index in [1.807, 2.05) is 45.9 Å². The normalized spacial score (nSPS) is 10.3. The lowest BCUT2D eigenvalue weighted by Gasteiger charge is -2.10. The lowest BCUT2D eigenvalue weighted by atomic mass is 10.1. The van der Waals surface area contributed by atoms with E-state index in [1.54, 1.807) is 12.1 Å². The zero-order valence-corrected chi connectivity index (χ0v) is 15.7. The van der Waals surface area contributed by atoms with E-state index in [4.69, 9.17) is 9.47 Å². The molecule has 26 heavy (non-hydrogen) atoms. The molecule has 1 amide bonds. The van der Waals surface area contributed by atoms with Crippen LogP contribution in [0.3, 0.4) is 0 Å². The first-order valence-corrected chi connectivity index (χ1v) is 8.57. The Balaban J connectivity index is 1.71. The number of ether oxygens (including phenoxy) is 2. The molecule has 5 heteroatoms. The van der Waals surface area contributed by atoms with Gasteiger partial charge in [0, 0.05) is 5.56 Å². The van der Waals surface area contributed by atoms with E-state index in [0.717, 1.165) is 28.0 Å². The minimum atomic E-state index is -0.494. The predicted molar refractivity (Wildman–Crippen MR) is 101 cm³/mol. The number of carbonyl (C=O) groups excluding carboxylic acids is 2. The highest BCUT2D eigenvalue weighted by Crippen LogP contribution is 2.16. The monoisotopic (exact) mass is 355 g/mol. The van der Waals surface area contributed by atoms with Crippen molar-refractivity contribution in [3.63, 3.8) is 0 Å². The van der Waals surface area contributed by atoms with Crippen molar-refractivity contribution >= 4 is 11.9 Å². The molecule has 2 aromatic rings. The summed E-state index contributed by atoms with van der Waals surface area (Å²) in [7, 11) is 0. The standard InChI is InChI=1S/C21H25NO4/c1-14-7-15(2)10-18(9-14)21(24)22-13-20(23)26-6-5-25-19-11-16(3)8-17(4)12-19/h7-12H,5-6,13H2,1-4H3,(H,22,24). The van der Waals surface area contributed by atoms with Crippen molar-refractivity contribution in [1.29, 1.82) is 0 Å². The minimum absolute atomic E-state index is 0.130. The first kappa shape index (κ1) is 19.5. The van der Waals surface area contributed by atoms with Crippen LogP contribution in [0.15, 0.2) is 36.4 Å². The van der Waals surface area contributed by atoms with Gasteiger partial charge in [-0.05, 0) is 63.1 Å². The van der Waals surface area contributed by atoms with E-state index in [1.165, 1.54) is 0 Å². The molecule has 0 atom stereocenters. The molecule has 0 aliphatic heterocycles. The maximum atomic E-state index is 12.1. The fourth-order valence-electron chi connectivity index (χ4n) is 2.74. The van der Waals surface area contributed by atoms with Gasteiger partial charge >= 0.3 is 5.97 Å². The summed E-state index contributed by atoms with van der Waals surface area (Å²) in [5.41, 5.74) is 4.77. The number of esters is 1. The number of aryl methyl sites for hydroxylation is 4. The van der Waals surface area contributed by atoms with Crippen LogP contribution in [-0.4, -0.2) is 31.6 Å². The van der Waals surface area contributed by atoms with Crippen molar-refractivity contribution in [2.45, 2.75) is 27.7 Å². The van der Waals surface area contributed by atoms with Gasteiger partial charge in [-0.25, -0.2) is 0 Å². The Bertz CT molecular complexity index is 758. The molecule has 5 nitrogen and oxygen atoms in total. The van der Waals surface area contributed by atoms with Crippen LogP contribution in [0.25, 0.3) is 0 Å². The largest absolute Gasteiger partial charge is 0.490 e. The van der Waals surface area contributed by atoms with E-state index in [0.29, 0.717) is 5.56 Å². The van der Waals surface area contributed by atoms with E-state index in [9.17, 15) is 9.59 Å². The second-order valence-corrected chi connectivity index (χ2v) is 6.45. The number of carbonyl (C=O) groups is 2. The smallest absolute Gasteiger partial charge is 0.325 e. The Morgan fingerprint density at radius 2 is 1.35 bits per heavy atom. The number of rotatable bonds is 7. The summed E-state index contributed by atoms with van der Waals surface area (Å²) < 4.78 is 10.7. The van der Waals surface area contributed by atoms with Crippen LogP contribution in [0.4, 0.5) is 0 Å². The number of amides is 1. The summed E-state index contributed by atoms with van der Waals surface area (Å²) in [6, 6.07) is 11.5. The van der Waals surface area contributed by atoms with Crippen molar-refractivity contribution in [2.75, 3.05) is 19.8 Å². The first-order chi connectivity index (χ1) is 12.3. The van der Waals surface area contributed by atoms with Gasteiger partial charge in [-0.15, -0.1) is 0 Å². The number of hydrogen-bond donors (Lipinski definition) is 1. The molecule has 0 heterocycles. The average Bonchev–Trinajstić information content (AvgIpc) is 2.55. The van der Waals surface area contributed by atoms with Crippen molar-refractivity contribution in [2.24, 2.45) is 0 Å². The minimum Gasteiger partial charge on any atom is -0.490 e. The van der Waals surface area contributed by atoms with Gasteiger partial charge in [-0.3, -0.25) is 9.59 Å². The highest BCUT2D eigenvalue weighted by Gasteiger charge is 2.10. The predicted octanol–water partition coefficient (Wildman–Crippen LogP) is 3.27. The van der Waals surface area contributed by atoms with Crippen LogP contribution in [0, 0.1) is 27.7 Å². The number of benzene rings is 2. The molecule has 0 aliphatic carbocycles. The second kappa shape index (κ2) is 9.04. The molecule has 0 saturated heterocycles. The van der Waals surface area contributed by atoms with E-state index in [2.05, 4.69) is 11.4 Å². The Kier molecular flexibility index (Phi) is 6.78. The van der Waals surface area contributed by atoms with Crippen LogP contribution >= 0.6 is 0 Å². The Labute approximate surface area is 154 Å². The van der Waals surface area contributed by atoms with E-state index >= 15 is 0 Å². The molecule has 2 rings (SSSR count). The third-order valence-electron chi connectivity index (χ3n) is 3.69. The molecule has 138 valence electrons.